The molecule has 2 heterocycles. The number of aromatic nitrogens is 2. The van der Waals surface area contributed by atoms with Crippen molar-refractivity contribution in [1.82, 2.24) is 20.2 Å². The second-order valence-electron chi connectivity index (χ2n) is 7.20. The largest absolute Gasteiger partial charge is 0.396 e. The molecule has 3 rings (SSSR count). The smallest absolute Gasteiger partial charge is 0.191 e. The summed E-state index contributed by atoms with van der Waals surface area (Å²) in [6.07, 6.45) is 1.69. The normalized spacial score (nSPS) is 19.6. The highest BCUT2D eigenvalue weighted by molar-refractivity contribution is 14.0. The third-order valence-electron chi connectivity index (χ3n) is 5.22. The van der Waals surface area contributed by atoms with E-state index in [0.29, 0.717) is 13.2 Å². The minimum Gasteiger partial charge on any atom is -0.396 e. The first-order valence-electron chi connectivity index (χ1n) is 9.80. The van der Waals surface area contributed by atoms with Crippen LogP contribution in [0.4, 0.5) is 0 Å². The van der Waals surface area contributed by atoms with Crippen molar-refractivity contribution in [2.24, 2.45) is 10.4 Å². The Balaban J connectivity index is 0.00000280. The van der Waals surface area contributed by atoms with Gasteiger partial charge in [-0.25, -0.2) is 4.98 Å². The van der Waals surface area contributed by atoms with Crippen LogP contribution in [0.1, 0.15) is 25.6 Å². The number of halogens is 1. The van der Waals surface area contributed by atoms with Gasteiger partial charge in [-0.3, -0.25) is 4.99 Å². The predicted molar refractivity (Wildman–Crippen MR) is 123 cm³/mol. The highest BCUT2D eigenvalue weighted by atomic mass is 127. The Morgan fingerprint density at radius 1 is 1.36 bits per heavy atom. The van der Waals surface area contributed by atoms with Crippen molar-refractivity contribution in [3.05, 3.63) is 30.1 Å². The van der Waals surface area contributed by atoms with Gasteiger partial charge in [-0.05, 0) is 38.8 Å². The minimum absolute atomic E-state index is 0. The van der Waals surface area contributed by atoms with Gasteiger partial charge in [0.15, 0.2) is 5.96 Å². The SMILES string of the molecule is CCNC(=NCC1(CCO)CCOC1)NCCn1c(C)nc2ccccc21.I. The van der Waals surface area contributed by atoms with Crippen LogP contribution >= 0.6 is 24.0 Å². The summed E-state index contributed by atoms with van der Waals surface area (Å²) in [5.41, 5.74) is 2.15. The second kappa shape index (κ2) is 11.0. The van der Waals surface area contributed by atoms with E-state index in [2.05, 4.69) is 33.2 Å². The average Bonchev–Trinajstić information content (AvgIpc) is 3.25. The number of guanidine groups is 1. The van der Waals surface area contributed by atoms with Crippen LogP contribution in [0, 0.1) is 12.3 Å². The van der Waals surface area contributed by atoms with E-state index in [-0.39, 0.29) is 36.0 Å². The molecule has 7 nitrogen and oxygen atoms in total. The van der Waals surface area contributed by atoms with Crippen LogP contribution in [0.2, 0.25) is 0 Å². The summed E-state index contributed by atoms with van der Waals surface area (Å²) < 4.78 is 7.78. The van der Waals surface area contributed by atoms with Crippen molar-refractivity contribution in [3.63, 3.8) is 0 Å². The van der Waals surface area contributed by atoms with Crippen LogP contribution < -0.4 is 10.6 Å². The maximum absolute atomic E-state index is 9.38. The maximum Gasteiger partial charge on any atom is 0.191 e. The highest BCUT2D eigenvalue weighted by Gasteiger charge is 2.34. The van der Waals surface area contributed by atoms with Gasteiger partial charge < -0.3 is 25.0 Å². The Labute approximate surface area is 184 Å². The van der Waals surface area contributed by atoms with Gasteiger partial charge in [0.05, 0.1) is 24.2 Å². The van der Waals surface area contributed by atoms with E-state index in [9.17, 15) is 5.11 Å². The van der Waals surface area contributed by atoms with Gasteiger partial charge >= 0.3 is 0 Å². The summed E-state index contributed by atoms with van der Waals surface area (Å²) >= 11 is 0. The van der Waals surface area contributed by atoms with E-state index in [4.69, 9.17) is 9.73 Å². The fraction of sp³-hybridized carbons (Fsp3) is 0.600. The van der Waals surface area contributed by atoms with Gasteiger partial charge in [0.1, 0.15) is 5.82 Å². The molecule has 1 fully saturated rings. The molecule has 0 saturated carbocycles. The molecule has 156 valence electrons. The lowest BCUT2D eigenvalue weighted by Crippen LogP contribution is -2.40. The first-order chi connectivity index (χ1) is 13.2. The molecule has 28 heavy (non-hydrogen) atoms. The fourth-order valence-electron chi connectivity index (χ4n) is 3.64. The van der Waals surface area contributed by atoms with E-state index >= 15 is 0 Å². The molecule has 1 aromatic heterocycles. The van der Waals surface area contributed by atoms with Crippen molar-refractivity contribution in [2.75, 3.05) is 39.5 Å². The number of para-hydroxylation sites is 2. The van der Waals surface area contributed by atoms with Crippen molar-refractivity contribution in [1.29, 1.82) is 0 Å². The molecule has 8 heteroatoms. The number of nitrogens with one attached hydrogen (secondary N) is 2. The topological polar surface area (TPSA) is 83.7 Å². The van der Waals surface area contributed by atoms with E-state index in [1.165, 1.54) is 0 Å². The Bertz CT molecular complexity index is 771. The Morgan fingerprint density at radius 3 is 2.89 bits per heavy atom. The van der Waals surface area contributed by atoms with Crippen molar-refractivity contribution >= 4 is 41.0 Å². The number of aryl methyl sites for hydroxylation is 1. The van der Waals surface area contributed by atoms with E-state index < -0.39 is 0 Å². The zero-order valence-electron chi connectivity index (χ0n) is 16.8. The molecule has 1 aliphatic heterocycles. The van der Waals surface area contributed by atoms with Crippen molar-refractivity contribution in [2.45, 2.75) is 33.2 Å². The first-order valence-corrected chi connectivity index (χ1v) is 9.80. The van der Waals surface area contributed by atoms with Crippen LogP contribution in [0.5, 0.6) is 0 Å². The predicted octanol–water partition coefficient (Wildman–Crippen LogP) is 2.31. The molecular formula is C20H32IN5O2. The molecule has 0 spiro atoms. The average molecular weight is 501 g/mol. The second-order valence-corrected chi connectivity index (χ2v) is 7.20. The minimum atomic E-state index is -0.0335. The number of nitrogens with zero attached hydrogens (tertiary/aromatic N) is 3. The molecular weight excluding hydrogens is 469 g/mol. The summed E-state index contributed by atoms with van der Waals surface area (Å²) in [6.45, 7) is 8.76. The number of imidazole rings is 1. The molecule has 0 amide bonds. The summed E-state index contributed by atoms with van der Waals surface area (Å²) in [4.78, 5) is 9.39. The van der Waals surface area contributed by atoms with Gasteiger partial charge in [-0.1, -0.05) is 12.1 Å². The molecule has 0 radical (unpaired) electrons. The third-order valence-corrected chi connectivity index (χ3v) is 5.22. The zero-order chi connectivity index (χ0) is 19.1. The number of aliphatic hydroxyl groups excluding tert-OH is 1. The van der Waals surface area contributed by atoms with Gasteiger partial charge in [-0.2, -0.15) is 0 Å². The number of hydrogen-bond donors (Lipinski definition) is 3. The van der Waals surface area contributed by atoms with Crippen molar-refractivity contribution in [3.8, 4) is 0 Å². The number of aliphatic hydroxyl groups is 1. The van der Waals surface area contributed by atoms with E-state index in [0.717, 1.165) is 61.9 Å². The lowest BCUT2D eigenvalue weighted by atomic mass is 9.84. The van der Waals surface area contributed by atoms with Gasteiger partial charge in [0.25, 0.3) is 0 Å². The monoisotopic (exact) mass is 501 g/mol. The molecule has 1 unspecified atom stereocenters. The molecule has 0 bridgehead atoms. The van der Waals surface area contributed by atoms with Gasteiger partial charge in [0.2, 0.25) is 0 Å². The highest BCUT2D eigenvalue weighted by Crippen LogP contribution is 2.32. The number of aliphatic imine (C=N–C) groups is 1. The molecule has 2 aromatic rings. The Morgan fingerprint density at radius 2 is 2.18 bits per heavy atom. The molecule has 3 N–H and O–H groups in total. The van der Waals surface area contributed by atoms with Crippen LogP contribution in [0.15, 0.2) is 29.3 Å². The molecule has 1 saturated heterocycles. The number of fused-ring (bicyclic) bond motifs is 1. The van der Waals surface area contributed by atoms with E-state index in [1.54, 1.807) is 0 Å². The molecule has 1 aromatic carbocycles. The van der Waals surface area contributed by atoms with Crippen LogP contribution in [0.3, 0.4) is 0 Å². The van der Waals surface area contributed by atoms with Gasteiger partial charge in [0, 0.05) is 38.3 Å². The number of rotatable bonds is 8. The quantitative estimate of drug-likeness (QED) is 0.294. The summed E-state index contributed by atoms with van der Waals surface area (Å²) in [7, 11) is 0. The van der Waals surface area contributed by atoms with E-state index in [1.807, 2.05) is 25.1 Å². The molecule has 1 aliphatic rings. The number of ether oxygens (including phenoxy) is 1. The lowest BCUT2D eigenvalue weighted by molar-refractivity contribution is 0.131. The summed E-state index contributed by atoms with van der Waals surface area (Å²) in [5, 5.41) is 16.1. The van der Waals surface area contributed by atoms with Crippen LogP contribution in [0.25, 0.3) is 11.0 Å². The maximum atomic E-state index is 9.38. The molecule has 0 aliphatic carbocycles. The van der Waals surface area contributed by atoms with Gasteiger partial charge in [-0.15, -0.1) is 24.0 Å². The van der Waals surface area contributed by atoms with Crippen molar-refractivity contribution < 1.29 is 9.84 Å². The first kappa shape index (κ1) is 22.9. The Hall–Kier alpha value is -1.39. The number of hydrogen-bond acceptors (Lipinski definition) is 4. The Kier molecular flexibility index (Phi) is 8.97. The van der Waals surface area contributed by atoms with Crippen LogP contribution in [-0.4, -0.2) is 60.1 Å². The fourth-order valence-corrected chi connectivity index (χ4v) is 3.64. The standard InChI is InChI=1S/C20H31N5O2.HI/c1-3-21-19(23-14-20(8-12-26)9-13-27-15-20)22-10-11-25-16(2)24-17-6-4-5-7-18(17)25;/h4-7,26H,3,8-15H2,1-2H3,(H2,21,22,23);1H. The zero-order valence-corrected chi connectivity index (χ0v) is 19.1. The van der Waals surface area contributed by atoms with Crippen LogP contribution in [-0.2, 0) is 11.3 Å². The summed E-state index contributed by atoms with van der Waals surface area (Å²) in [5.74, 6) is 1.83. The number of benzene rings is 1. The third kappa shape index (κ3) is 5.57. The summed E-state index contributed by atoms with van der Waals surface area (Å²) in [6, 6.07) is 8.21. The lowest BCUT2D eigenvalue weighted by Gasteiger charge is -2.25. The molecule has 1 atom stereocenters.